The van der Waals surface area contributed by atoms with E-state index in [0.717, 1.165) is 38.0 Å². The van der Waals surface area contributed by atoms with Crippen molar-refractivity contribution in [3.05, 3.63) is 81.8 Å². The van der Waals surface area contributed by atoms with Crippen LogP contribution in [0.5, 0.6) is 0 Å². The molecule has 0 aliphatic heterocycles. The van der Waals surface area contributed by atoms with Crippen LogP contribution < -0.4 is 5.32 Å². The highest BCUT2D eigenvalue weighted by molar-refractivity contribution is 8.00. The number of carbonyl (C=O) groups is 2. The Morgan fingerprint density at radius 1 is 0.974 bits per heavy atom. The molecule has 0 saturated carbocycles. The lowest BCUT2D eigenvalue weighted by molar-refractivity contribution is -0.113. The van der Waals surface area contributed by atoms with Crippen LogP contribution >= 0.6 is 46.0 Å². The van der Waals surface area contributed by atoms with E-state index in [1.54, 1.807) is 6.92 Å². The van der Waals surface area contributed by atoms with Crippen molar-refractivity contribution >= 4 is 73.1 Å². The van der Waals surface area contributed by atoms with Gasteiger partial charge in [-0.3, -0.25) is 4.79 Å². The third kappa shape index (κ3) is 5.61. The van der Waals surface area contributed by atoms with Crippen LogP contribution in [-0.4, -0.2) is 34.2 Å². The number of esters is 1. The van der Waals surface area contributed by atoms with Crippen LogP contribution in [0.4, 0.5) is 5.00 Å². The molecule has 2 aromatic carbocycles. The summed E-state index contributed by atoms with van der Waals surface area (Å²) in [6, 6.07) is 15.5. The zero-order valence-corrected chi connectivity index (χ0v) is 23.7. The summed E-state index contributed by atoms with van der Waals surface area (Å²) in [6.45, 7) is 4.01. The van der Waals surface area contributed by atoms with Crippen molar-refractivity contribution < 1.29 is 14.3 Å². The molecule has 0 saturated heterocycles. The van der Waals surface area contributed by atoms with Crippen LogP contribution in [0.15, 0.2) is 70.6 Å². The number of fused-ring (bicyclic) bond motifs is 1. The number of nitrogens with one attached hydrogen (secondary N) is 1. The van der Waals surface area contributed by atoms with Crippen LogP contribution in [0.1, 0.15) is 22.8 Å². The summed E-state index contributed by atoms with van der Waals surface area (Å²) in [5, 5.41) is 9.58. The number of carbonyl (C=O) groups excluding carboxylic acids is 2. The smallest absolute Gasteiger partial charge is 0.341 e. The Labute approximate surface area is 237 Å². The third-order valence-electron chi connectivity index (χ3n) is 5.72. The number of thioether (sulfide) groups is 1. The molecule has 5 aromatic rings. The van der Waals surface area contributed by atoms with E-state index in [1.165, 1.54) is 40.8 Å². The Morgan fingerprint density at radius 2 is 1.66 bits per heavy atom. The average molecular weight is 580 g/mol. The Bertz CT molecular complexity index is 1610. The van der Waals surface area contributed by atoms with E-state index < -0.39 is 5.97 Å². The van der Waals surface area contributed by atoms with Crippen LogP contribution in [0.25, 0.3) is 32.5 Å². The van der Waals surface area contributed by atoms with Crippen LogP contribution in [0.2, 0.25) is 5.02 Å². The van der Waals surface area contributed by atoms with E-state index in [-0.39, 0.29) is 18.3 Å². The number of amides is 1. The normalized spacial score (nSPS) is 11.0. The Hall–Kier alpha value is -3.24. The molecule has 1 amide bonds. The van der Waals surface area contributed by atoms with Crippen molar-refractivity contribution in [2.24, 2.45) is 0 Å². The number of hydrogen-bond acceptors (Lipinski definition) is 8. The maximum atomic E-state index is 13.0. The minimum Gasteiger partial charge on any atom is -0.462 e. The van der Waals surface area contributed by atoms with Gasteiger partial charge in [-0.25, -0.2) is 14.8 Å². The highest BCUT2D eigenvalue weighted by Gasteiger charge is 2.23. The fraction of sp³-hybridized carbons (Fsp3) is 0.143. The van der Waals surface area contributed by atoms with Crippen molar-refractivity contribution in [1.29, 1.82) is 0 Å². The summed E-state index contributed by atoms with van der Waals surface area (Å²) >= 11 is 10.2. The Balaban J connectivity index is 1.38. The number of halogens is 1. The highest BCUT2D eigenvalue weighted by Crippen LogP contribution is 2.39. The van der Waals surface area contributed by atoms with Crippen molar-refractivity contribution in [1.82, 2.24) is 9.97 Å². The van der Waals surface area contributed by atoms with Gasteiger partial charge in [0.15, 0.2) is 0 Å². The van der Waals surface area contributed by atoms with Crippen molar-refractivity contribution in [3.63, 3.8) is 0 Å². The lowest BCUT2D eigenvalue weighted by Crippen LogP contribution is -2.16. The van der Waals surface area contributed by atoms with E-state index in [9.17, 15) is 9.59 Å². The molecule has 0 fully saturated rings. The molecule has 0 bridgehead atoms. The molecule has 3 aromatic heterocycles. The molecule has 5 rings (SSSR count). The van der Waals surface area contributed by atoms with Gasteiger partial charge >= 0.3 is 5.97 Å². The Kier molecular flexibility index (Phi) is 8.09. The summed E-state index contributed by atoms with van der Waals surface area (Å²) in [5.74, 6) is -0.592. The van der Waals surface area contributed by atoms with Gasteiger partial charge in [0.25, 0.3) is 0 Å². The van der Waals surface area contributed by atoms with Gasteiger partial charge in [0.2, 0.25) is 5.91 Å². The summed E-state index contributed by atoms with van der Waals surface area (Å²) in [5.41, 5.74) is 5.11. The van der Waals surface area contributed by atoms with Gasteiger partial charge in [0, 0.05) is 26.9 Å². The summed E-state index contributed by atoms with van der Waals surface area (Å²) in [6.07, 6.45) is 1.51. The maximum absolute atomic E-state index is 13.0. The fourth-order valence-corrected chi connectivity index (χ4v) is 6.79. The summed E-state index contributed by atoms with van der Waals surface area (Å²) in [4.78, 5) is 35.6. The number of aryl methyl sites for hydroxylation is 1. The van der Waals surface area contributed by atoms with E-state index in [4.69, 9.17) is 16.3 Å². The number of hydrogen-bond donors (Lipinski definition) is 1. The predicted molar refractivity (Wildman–Crippen MR) is 158 cm³/mol. The lowest BCUT2D eigenvalue weighted by atomic mass is 10.0. The number of rotatable bonds is 8. The zero-order chi connectivity index (χ0) is 26.6. The van der Waals surface area contributed by atoms with Crippen LogP contribution in [0.3, 0.4) is 0 Å². The average Bonchev–Trinajstić information content (AvgIpc) is 3.53. The largest absolute Gasteiger partial charge is 0.462 e. The molecule has 3 heterocycles. The quantitative estimate of drug-likeness (QED) is 0.114. The molecule has 10 heteroatoms. The van der Waals surface area contributed by atoms with Gasteiger partial charge in [-0.15, -0.1) is 22.7 Å². The van der Waals surface area contributed by atoms with E-state index in [2.05, 4.69) is 15.3 Å². The maximum Gasteiger partial charge on any atom is 0.341 e. The number of thiophene rings is 2. The monoisotopic (exact) mass is 579 g/mol. The first kappa shape index (κ1) is 26.4. The van der Waals surface area contributed by atoms with Gasteiger partial charge in [-0.05, 0) is 37.1 Å². The Morgan fingerprint density at radius 3 is 2.39 bits per heavy atom. The number of anilines is 1. The zero-order valence-electron chi connectivity index (χ0n) is 20.5. The second-order valence-corrected chi connectivity index (χ2v) is 11.4. The number of aromatic nitrogens is 2. The first-order valence-electron chi connectivity index (χ1n) is 11.7. The van der Waals surface area contributed by atoms with E-state index in [1.807, 2.05) is 66.2 Å². The molecule has 0 radical (unpaired) electrons. The second-order valence-electron chi connectivity index (χ2n) is 8.29. The molecule has 0 spiro atoms. The topological polar surface area (TPSA) is 81.2 Å². The van der Waals surface area contributed by atoms with Crippen molar-refractivity contribution in [2.75, 3.05) is 17.7 Å². The molecule has 192 valence electrons. The fourth-order valence-electron chi connectivity index (χ4n) is 3.90. The van der Waals surface area contributed by atoms with Crippen molar-refractivity contribution in [2.45, 2.75) is 18.9 Å². The molecular weight excluding hydrogens is 558 g/mol. The molecule has 6 nitrogen and oxygen atoms in total. The molecule has 0 unspecified atom stereocenters. The first-order valence-corrected chi connectivity index (χ1v) is 14.8. The SMILES string of the molecule is CCOC(=O)c1c(-c2ccc(C)cc2)csc1NC(=O)CSc1ncnc2scc(-c3ccc(Cl)cc3)c12. The molecular formula is C28H22ClN3O3S3. The molecule has 38 heavy (non-hydrogen) atoms. The number of nitrogens with zero attached hydrogens (tertiary/aromatic N) is 2. The van der Waals surface area contributed by atoms with Gasteiger partial charge in [0.05, 0.1) is 17.7 Å². The minimum absolute atomic E-state index is 0.113. The van der Waals surface area contributed by atoms with Gasteiger partial charge < -0.3 is 10.1 Å². The van der Waals surface area contributed by atoms with Crippen LogP contribution in [-0.2, 0) is 9.53 Å². The summed E-state index contributed by atoms with van der Waals surface area (Å²) < 4.78 is 5.31. The van der Waals surface area contributed by atoms with Gasteiger partial charge in [-0.1, -0.05) is 65.3 Å². The summed E-state index contributed by atoms with van der Waals surface area (Å²) in [7, 11) is 0. The highest BCUT2D eigenvalue weighted by atomic mass is 35.5. The standard InChI is InChI=1S/C28H22ClN3O3S3/c1-3-35-28(34)24-21(17-6-4-16(2)5-7-17)13-37-27(24)32-22(33)14-38-26-23-20(12-36-25(23)30-15-31-26)18-8-10-19(29)11-9-18/h4-13,15H,3,14H2,1-2H3,(H,32,33). The number of benzene rings is 2. The molecule has 0 atom stereocenters. The van der Waals surface area contributed by atoms with E-state index in [0.29, 0.717) is 20.6 Å². The lowest BCUT2D eigenvalue weighted by Gasteiger charge is -2.09. The first-order chi connectivity index (χ1) is 18.4. The number of ether oxygens (including phenoxy) is 1. The predicted octanol–water partition coefficient (Wildman–Crippen LogP) is 7.96. The minimum atomic E-state index is -0.462. The van der Waals surface area contributed by atoms with Crippen LogP contribution in [0, 0.1) is 6.92 Å². The van der Waals surface area contributed by atoms with Crippen molar-refractivity contribution in [3.8, 4) is 22.3 Å². The van der Waals surface area contributed by atoms with E-state index >= 15 is 0 Å². The second kappa shape index (κ2) is 11.7. The molecule has 0 aliphatic rings. The third-order valence-corrected chi connectivity index (χ3v) is 8.74. The van der Waals surface area contributed by atoms with Gasteiger partial charge in [0.1, 0.15) is 26.7 Å². The molecule has 0 aliphatic carbocycles. The molecule has 1 N–H and O–H groups in total. The van der Waals surface area contributed by atoms with Gasteiger partial charge in [-0.2, -0.15) is 0 Å².